The fraction of sp³-hybridized carbons (Fsp3) is 0.333. The number of nitrogens with zero attached hydrogens (tertiary/aromatic N) is 2. The van der Waals surface area contributed by atoms with E-state index in [1.165, 1.54) is 31.4 Å². The Labute approximate surface area is 135 Å². The van der Waals surface area contributed by atoms with Crippen LogP contribution in [0.5, 0.6) is 5.75 Å². The number of nitrogens with one attached hydrogen (secondary N) is 1. The molecule has 11 heteroatoms. The van der Waals surface area contributed by atoms with Crippen molar-refractivity contribution in [2.45, 2.75) is 6.61 Å². The van der Waals surface area contributed by atoms with Gasteiger partial charge in [-0.2, -0.15) is 18.1 Å². The average molecular weight is 365 g/mol. The number of halogens is 2. The third kappa shape index (κ3) is 5.37. The Morgan fingerprint density at radius 3 is 2.61 bits per heavy atom. The molecule has 1 heterocycles. The molecule has 7 nitrogen and oxygen atoms in total. The first-order valence-electron chi connectivity index (χ1n) is 6.28. The molecule has 126 valence electrons. The fourth-order valence-corrected chi connectivity index (χ4v) is 3.32. The molecule has 0 aliphatic heterocycles. The lowest BCUT2D eigenvalue weighted by Crippen LogP contribution is -2.19. The van der Waals surface area contributed by atoms with E-state index in [9.17, 15) is 17.2 Å². The fourth-order valence-electron chi connectivity index (χ4n) is 1.54. The lowest BCUT2D eigenvalue weighted by molar-refractivity contribution is -0.0498. The molecule has 0 bridgehead atoms. The van der Waals surface area contributed by atoms with Crippen molar-refractivity contribution in [1.29, 1.82) is 0 Å². The van der Waals surface area contributed by atoms with Crippen molar-refractivity contribution in [2.24, 2.45) is 0 Å². The van der Waals surface area contributed by atoms with Gasteiger partial charge in [-0.05, 0) is 24.3 Å². The molecule has 2 rings (SSSR count). The number of ether oxygens (including phenoxy) is 2. The van der Waals surface area contributed by atoms with E-state index in [1.807, 2.05) is 0 Å². The van der Waals surface area contributed by atoms with Gasteiger partial charge in [0.05, 0.1) is 12.4 Å². The van der Waals surface area contributed by atoms with Crippen LogP contribution in [0, 0.1) is 0 Å². The lowest BCUT2D eigenvalue weighted by Gasteiger charge is -2.04. The zero-order valence-electron chi connectivity index (χ0n) is 11.9. The number of benzene rings is 1. The second-order valence-corrected chi connectivity index (χ2v) is 6.83. The normalized spacial score (nSPS) is 11.7. The maximum absolute atomic E-state index is 12.1. The molecular weight excluding hydrogens is 352 g/mol. The van der Waals surface area contributed by atoms with Crippen LogP contribution in [0.4, 0.5) is 13.9 Å². The average Bonchev–Trinajstić information content (AvgIpc) is 2.93. The second-order valence-electron chi connectivity index (χ2n) is 4.24. The molecule has 1 N–H and O–H groups in total. The Balaban J connectivity index is 2.07. The largest absolute Gasteiger partial charge is 0.435 e. The topological polar surface area (TPSA) is 90.4 Å². The van der Waals surface area contributed by atoms with Crippen LogP contribution in [0.25, 0.3) is 11.4 Å². The van der Waals surface area contributed by atoms with E-state index in [4.69, 9.17) is 4.74 Å². The first-order valence-corrected chi connectivity index (χ1v) is 8.70. The van der Waals surface area contributed by atoms with Crippen LogP contribution >= 0.6 is 11.5 Å². The maximum Gasteiger partial charge on any atom is 0.387 e. The van der Waals surface area contributed by atoms with Gasteiger partial charge < -0.3 is 9.47 Å². The third-order valence-electron chi connectivity index (χ3n) is 2.56. The molecule has 0 radical (unpaired) electrons. The van der Waals surface area contributed by atoms with Gasteiger partial charge in [0.1, 0.15) is 5.75 Å². The minimum atomic E-state index is -3.56. The van der Waals surface area contributed by atoms with Crippen molar-refractivity contribution < 1.29 is 26.7 Å². The first kappa shape index (κ1) is 17.5. The standard InChI is InChI=1S/C12H13F2N3O4S2/c1-20-6-7-23(18,19)17-12-15-10(16-22-12)8-2-4-9(5-3-8)21-11(13)14/h2-5,11H,6-7H2,1H3,(H,15,16,17). The summed E-state index contributed by atoms with van der Waals surface area (Å²) in [4.78, 5) is 4.05. The molecule has 0 amide bonds. The van der Waals surface area contributed by atoms with Gasteiger partial charge in [-0.25, -0.2) is 8.42 Å². The Morgan fingerprint density at radius 1 is 1.30 bits per heavy atom. The number of methoxy groups -OCH3 is 1. The van der Waals surface area contributed by atoms with E-state index in [0.29, 0.717) is 5.56 Å². The van der Waals surface area contributed by atoms with Gasteiger partial charge in [-0.15, -0.1) is 0 Å². The number of aromatic nitrogens is 2. The van der Waals surface area contributed by atoms with E-state index in [2.05, 4.69) is 18.8 Å². The predicted octanol–water partition coefficient (Wildman–Crippen LogP) is 2.19. The smallest absolute Gasteiger partial charge is 0.387 e. The van der Waals surface area contributed by atoms with Crippen molar-refractivity contribution in [3.8, 4) is 17.1 Å². The van der Waals surface area contributed by atoms with E-state index in [-0.39, 0.29) is 29.1 Å². The zero-order chi connectivity index (χ0) is 16.9. The number of hydrogen-bond donors (Lipinski definition) is 1. The van der Waals surface area contributed by atoms with Gasteiger partial charge in [0.2, 0.25) is 15.2 Å². The lowest BCUT2D eigenvalue weighted by atomic mass is 10.2. The van der Waals surface area contributed by atoms with Crippen molar-refractivity contribution in [3.05, 3.63) is 24.3 Å². The van der Waals surface area contributed by atoms with Gasteiger partial charge >= 0.3 is 6.61 Å². The monoisotopic (exact) mass is 365 g/mol. The molecule has 0 spiro atoms. The van der Waals surface area contributed by atoms with Crippen molar-refractivity contribution >= 4 is 26.7 Å². The van der Waals surface area contributed by atoms with Crippen LogP contribution in [0.3, 0.4) is 0 Å². The zero-order valence-corrected chi connectivity index (χ0v) is 13.5. The Hall–Kier alpha value is -1.85. The highest BCUT2D eigenvalue weighted by molar-refractivity contribution is 7.92. The molecule has 1 aromatic heterocycles. The van der Waals surface area contributed by atoms with Crippen molar-refractivity contribution in [1.82, 2.24) is 9.36 Å². The van der Waals surface area contributed by atoms with E-state index >= 15 is 0 Å². The van der Waals surface area contributed by atoms with Gasteiger partial charge in [0.25, 0.3) is 0 Å². The van der Waals surface area contributed by atoms with Gasteiger partial charge in [0, 0.05) is 24.2 Å². The second kappa shape index (κ2) is 7.62. The molecule has 0 saturated carbocycles. The Morgan fingerprint density at radius 2 is 2.00 bits per heavy atom. The summed E-state index contributed by atoms with van der Waals surface area (Å²) >= 11 is 0.876. The molecule has 2 aromatic rings. The summed E-state index contributed by atoms with van der Waals surface area (Å²) in [5.74, 6) is 0.0976. The molecule has 0 atom stereocenters. The number of anilines is 1. The van der Waals surface area contributed by atoms with Gasteiger partial charge in [0.15, 0.2) is 5.82 Å². The van der Waals surface area contributed by atoms with Crippen molar-refractivity contribution in [3.63, 3.8) is 0 Å². The van der Waals surface area contributed by atoms with E-state index in [1.54, 1.807) is 0 Å². The Kier molecular flexibility index (Phi) is 5.80. The number of rotatable bonds is 8. The van der Waals surface area contributed by atoms with Gasteiger partial charge in [-0.3, -0.25) is 4.72 Å². The van der Waals surface area contributed by atoms with Crippen LogP contribution < -0.4 is 9.46 Å². The van der Waals surface area contributed by atoms with E-state index in [0.717, 1.165) is 11.5 Å². The first-order chi connectivity index (χ1) is 10.9. The van der Waals surface area contributed by atoms with Gasteiger partial charge in [-0.1, -0.05) is 0 Å². The Bertz CT molecular complexity index is 735. The van der Waals surface area contributed by atoms with Crippen LogP contribution in [0.15, 0.2) is 24.3 Å². The molecule has 0 saturated heterocycles. The van der Waals surface area contributed by atoms with Crippen molar-refractivity contribution in [2.75, 3.05) is 24.2 Å². The van der Waals surface area contributed by atoms with Crippen LogP contribution in [-0.2, 0) is 14.8 Å². The molecule has 1 aromatic carbocycles. The minimum absolute atomic E-state index is 0.0134. The number of hydrogen-bond acceptors (Lipinski definition) is 7. The highest BCUT2D eigenvalue weighted by Crippen LogP contribution is 2.24. The summed E-state index contributed by atoms with van der Waals surface area (Å²) < 4.78 is 62.8. The minimum Gasteiger partial charge on any atom is -0.435 e. The number of sulfonamides is 1. The molecule has 0 fully saturated rings. The summed E-state index contributed by atoms with van der Waals surface area (Å²) in [7, 11) is -2.15. The quantitative estimate of drug-likeness (QED) is 0.771. The highest BCUT2D eigenvalue weighted by atomic mass is 32.2. The summed E-state index contributed by atoms with van der Waals surface area (Å²) in [6, 6.07) is 5.71. The molecule has 23 heavy (non-hydrogen) atoms. The maximum atomic E-state index is 12.1. The van der Waals surface area contributed by atoms with Crippen LogP contribution in [0.2, 0.25) is 0 Å². The van der Waals surface area contributed by atoms with Crippen LogP contribution in [0.1, 0.15) is 0 Å². The molecule has 0 aliphatic rings. The summed E-state index contributed by atoms with van der Waals surface area (Å²) in [6.07, 6.45) is 0. The molecule has 0 aliphatic carbocycles. The highest BCUT2D eigenvalue weighted by Gasteiger charge is 2.14. The number of alkyl halides is 2. The predicted molar refractivity (Wildman–Crippen MR) is 81.3 cm³/mol. The third-order valence-corrected chi connectivity index (χ3v) is 4.53. The van der Waals surface area contributed by atoms with Crippen LogP contribution in [-0.4, -0.2) is 43.9 Å². The molecular formula is C12H13F2N3O4S2. The summed E-state index contributed by atoms with van der Waals surface area (Å²) in [5, 5.41) is 0.115. The summed E-state index contributed by atoms with van der Waals surface area (Å²) in [6.45, 7) is -2.83. The molecule has 0 unspecified atom stereocenters. The SMILES string of the molecule is COCCS(=O)(=O)Nc1nc(-c2ccc(OC(F)F)cc2)ns1. The van der Waals surface area contributed by atoms with E-state index < -0.39 is 16.6 Å². The summed E-state index contributed by atoms with van der Waals surface area (Å²) in [5.41, 5.74) is 0.546.